The second-order valence-electron chi connectivity index (χ2n) is 5.56. The molecule has 0 unspecified atom stereocenters. The molecule has 4 nitrogen and oxygen atoms in total. The Morgan fingerprint density at radius 1 is 1.41 bits per heavy atom. The number of imidazole rings is 1. The molecule has 0 atom stereocenters. The summed E-state index contributed by atoms with van der Waals surface area (Å²) in [5.74, 6) is 1.06. The van der Waals surface area contributed by atoms with Gasteiger partial charge in [0.2, 0.25) is 0 Å². The maximum atomic E-state index is 5.55. The van der Waals surface area contributed by atoms with Crippen LogP contribution in [0.25, 0.3) is 0 Å². The van der Waals surface area contributed by atoms with Gasteiger partial charge in [0.05, 0.1) is 19.3 Å². The van der Waals surface area contributed by atoms with Gasteiger partial charge in [-0.25, -0.2) is 4.98 Å². The molecule has 0 radical (unpaired) electrons. The predicted octanol–water partition coefficient (Wildman–Crippen LogP) is 2.20. The van der Waals surface area contributed by atoms with Gasteiger partial charge in [-0.15, -0.1) is 0 Å². The summed E-state index contributed by atoms with van der Waals surface area (Å²) in [5.41, 5.74) is 0.116. The third-order valence-corrected chi connectivity index (χ3v) is 2.36. The van der Waals surface area contributed by atoms with E-state index in [4.69, 9.17) is 4.74 Å². The van der Waals surface area contributed by atoms with Crippen molar-refractivity contribution in [3.05, 3.63) is 18.2 Å². The second-order valence-corrected chi connectivity index (χ2v) is 5.56. The lowest BCUT2D eigenvalue weighted by molar-refractivity contribution is 0.0722. The van der Waals surface area contributed by atoms with Crippen LogP contribution in [-0.2, 0) is 17.8 Å². The molecule has 0 aliphatic carbocycles. The lowest BCUT2D eigenvalue weighted by Crippen LogP contribution is -2.36. The summed E-state index contributed by atoms with van der Waals surface area (Å²) in [6.07, 6.45) is 4.13. The molecule has 0 bridgehead atoms. The van der Waals surface area contributed by atoms with Gasteiger partial charge < -0.3 is 14.6 Å². The molecule has 0 spiro atoms. The second kappa shape index (κ2) is 6.17. The zero-order valence-electron chi connectivity index (χ0n) is 11.7. The average Bonchev–Trinajstić information content (AvgIpc) is 2.61. The highest BCUT2D eigenvalue weighted by Crippen LogP contribution is 2.03. The van der Waals surface area contributed by atoms with E-state index >= 15 is 0 Å². The summed E-state index contributed by atoms with van der Waals surface area (Å²) in [5, 5.41) is 3.44. The molecule has 0 aromatic carbocycles. The minimum Gasteiger partial charge on any atom is -0.377 e. The molecule has 0 saturated carbocycles. The van der Waals surface area contributed by atoms with Crippen molar-refractivity contribution in [3.8, 4) is 0 Å². The molecule has 0 saturated heterocycles. The molecule has 4 heteroatoms. The van der Waals surface area contributed by atoms with E-state index in [1.807, 2.05) is 12.4 Å². The van der Waals surface area contributed by atoms with Crippen LogP contribution in [-0.4, -0.2) is 27.8 Å². The van der Waals surface area contributed by atoms with E-state index in [2.05, 4.69) is 49.5 Å². The molecule has 0 fully saturated rings. The van der Waals surface area contributed by atoms with Crippen LogP contribution in [0.4, 0.5) is 0 Å². The molecule has 1 rings (SSSR count). The molecular weight excluding hydrogens is 214 g/mol. The van der Waals surface area contributed by atoms with Crippen molar-refractivity contribution in [1.82, 2.24) is 14.9 Å². The normalized spacial score (nSPS) is 12.4. The summed E-state index contributed by atoms with van der Waals surface area (Å²) in [6.45, 7) is 13.0. The van der Waals surface area contributed by atoms with E-state index in [1.165, 1.54) is 0 Å². The van der Waals surface area contributed by atoms with Crippen LogP contribution in [0.3, 0.4) is 0 Å². The van der Waals surface area contributed by atoms with E-state index in [0.29, 0.717) is 0 Å². The Balaban J connectivity index is 2.43. The van der Waals surface area contributed by atoms with Crippen molar-refractivity contribution in [1.29, 1.82) is 0 Å². The van der Waals surface area contributed by atoms with Crippen LogP contribution in [0.1, 0.15) is 40.4 Å². The minimum absolute atomic E-state index is 0.116. The number of nitrogens with zero attached hydrogens (tertiary/aromatic N) is 2. The lowest BCUT2D eigenvalue weighted by atomic mass is 10.1. The van der Waals surface area contributed by atoms with Gasteiger partial charge in [-0.3, -0.25) is 0 Å². The monoisotopic (exact) mass is 239 g/mol. The maximum absolute atomic E-state index is 5.55. The molecule has 0 aliphatic heterocycles. The number of rotatable bonds is 6. The Labute approximate surface area is 104 Å². The zero-order chi connectivity index (χ0) is 12.9. The Hall–Kier alpha value is -0.870. The van der Waals surface area contributed by atoms with Crippen molar-refractivity contribution in [3.63, 3.8) is 0 Å². The summed E-state index contributed by atoms with van der Waals surface area (Å²) in [6, 6.07) is 0. The predicted molar refractivity (Wildman–Crippen MR) is 69.9 cm³/mol. The molecule has 1 heterocycles. The Morgan fingerprint density at radius 3 is 2.71 bits per heavy atom. The number of nitrogens with one attached hydrogen (secondary N) is 1. The first-order valence-corrected chi connectivity index (χ1v) is 6.25. The highest BCUT2D eigenvalue weighted by molar-refractivity contribution is 4.93. The first-order chi connectivity index (χ1) is 7.88. The van der Waals surface area contributed by atoms with Crippen LogP contribution in [0.15, 0.2) is 12.4 Å². The first-order valence-electron chi connectivity index (χ1n) is 6.25. The van der Waals surface area contributed by atoms with Gasteiger partial charge in [0.1, 0.15) is 5.82 Å². The first kappa shape index (κ1) is 14.2. The quantitative estimate of drug-likeness (QED) is 0.827. The molecule has 1 aromatic heterocycles. The van der Waals surface area contributed by atoms with Gasteiger partial charge in [-0.2, -0.15) is 0 Å². The molecule has 98 valence electrons. The van der Waals surface area contributed by atoms with E-state index in [-0.39, 0.29) is 11.6 Å². The van der Waals surface area contributed by atoms with E-state index in [1.54, 1.807) is 0 Å². The SMILES string of the molecule is CC(C)OCCn1ccnc1CNC(C)(C)C. The van der Waals surface area contributed by atoms with Crippen LogP contribution in [0, 0.1) is 0 Å². The topological polar surface area (TPSA) is 39.1 Å². The summed E-state index contributed by atoms with van der Waals surface area (Å²) < 4.78 is 7.69. The molecule has 17 heavy (non-hydrogen) atoms. The number of hydrogen-bond donors (Lipinski definition) is 1. The van der Waals surface area contributed by atoms with Gasteiger partial charge in [-0.1, -0.05) is 0 Å². The van der Waals surface area contributed by atoms with Gasteiger partial charge in [0.15, 0.2) is 0 Å². The number of hydrogen-bond acceptors (Lipinski definition) is 3. The highest BCUT2D eigenvalue weighted by Gasteiger charge is 2.10. The summed E-state index contributed by atoms with van der Waals surface area (Å²) in [4.78, 5) is 4.36. The lowest BCUT2D eigenvalue weighted by Gasteiger charge is -2.20. The Kier molecular flexibility index (Phi) is 5.15. The van der Waals surface area contributed by atoms with Crippen molar-refractivity contribution in [2.45, 2.75) is 59.4 Å². The number of aromatic nitrogens is 2. The van der Waals surface area contributed by atoms with Crippen molar-refractivity contribution in [2.24, 2.45) is 0 Å². The largest absolute Gasteiger partial charge is 0.377 e. The highest BCUT2D eigenvalue weighted by atomic mass is 16.5. The molecule has 1 N–H and O–H groups in total. The molecule has 1 aromatic rings. The van der Waals surface area contributed by atoms with Gasteiger partial charge in [0, 0.05) is 24.5 Å². The minimum atomic E-state index is 0.116. The van der Waals surface area contributed by atoms with Crippen LogP contribution >= 0.6 is 0 Å². The third-order valence-electron chi connectivity index (χ3n) is 2.36. The third kappa shape index (κ3) is 5.84. The van der Waals surface area contributed by atoms with Gasteiger partial charge >= 0.3 is 0 Å². The smallest absolute Gasteiger partial charge is 0.122 e. The summed E-state index contributed by atoms with van der Waals surface area (Å²) in [7, 11) is 0. The fourth-order valence-electron chi connectivity index (χ4n) is 1.44. The van der Waals surface area contributed by atoms with E-state index < -0.39 is 0 Å². The molecular formula is C13H25N3O. The summed E-state index contributed by atoms with van der Waals surface area (Å²) >= 11 is 0. The average molecular weight is 239 g/mol. The van der Waals surface area contributed by atoms with Crippen LogP contribution < -0.4 is 5.32 Å². The van der Waals surface area contributed by atoms with E-state index in [0.717, 1.165) is 25.5 Å². The van der Waals surface area contributed by atoms with Crippen LogP contribution in [0.5, 0.6) is 0 Å². The van der Waals surface area contributed by atoms with E-state index in [9.17, 15) is 0 Å². The zero-order valence-corrected chi connectivity index (χ0v) is 11.7. The maximum Gasteiger partial charge on any atom is 0.122 e. The fourth-order valence-corrected chi connectivity index (χ4v) is 1.44. The van der Waals surface area contributed by atoms with Crippen molar-refractivity contribution >= 4 is 0 Å². The molecule has 0 amide bonds. The fraction of sp³-hybridized carbons (Fsp3) is 0.769. The Morgan fingerprint density at radius 2 is 2.12 bits per heavy atom. The van der Waals surface area contributed by atoms with Crippen molar-refractivity contribution in [2.75, 3.05) is 6.61 Å². The standard InChI is InChI=1S/C13H25N3O/c1-11(2)17-9-8-16-7-6-14-12(16)10-15-13(3,4)5/h6-7,11,15H,8-10H2,1-5H3. The Bertz CT molecular complexity index is 326. The van der Waals surface area contributed by atoms with Crippen molar-refractivity contribution < 1.29 is 4.74 Å². The molecule has 0 aliphatic rings. The van der Waals surface area contributed by atoms with Crippen LogP contribution in [0.2, 0.25) is 0 Å². The van der Waals surface area contributed by atoms with Gasteiger partial charge in [0.25, 0.3) is 0 Å². The van der Waals surface area contributed by atoms with Gasteiger partial charge in [-0.05, 0) is 34.6 Å². The number of ether oxygens (including phenoxy) is 1.